The Morgan fingerprint density at radius 1 is 1.10 bits per heavy atom. The van der Waals surface area contributed by atoms with E-state index in [9.17, 15) is 0 Å². The molecule has 0 aromatic heterocycles. The Morgan fingerprint density at radius 3 is 2.57 bits per heavy atom. The van der Waals surface area contributed by atoms with E-state index < -0.39 is 0 Å². The van der Waals surface area contributed by atoms with E-state index in [4.69, 9.17) is 9.47 Å². The Kier molecular flexibility index (Phi) is 5.20. The number of rotatable bonds is 4. The van der Waals surface area contributed by atoms with Crippen LogP contribution in [0.1, 0.15) is 51.9 Å². The summed E-state index contributed by atoms with van der Waals surface area (Å²) in [6.07, 6.45) is 8.79. The zero-order valence-corrected chi connectivity index (χ0v) is 13.8. The van der Waals surface area contributed by atoms with Gasteiger partial charge in [-0.05, 0) is 52.1 Å². The normalized spacial score (nSPS) is 41.0. The van der Waals surface area contributed by atoms with Gasteiger partial charge in [-0.2, -0.15) is 0 Å². The van der Waals surface area contributed by atoms with Gasteiger partial charge < -0.3 is 19.7 Å². The van der Waals surface area contributed by atoms with Gasteiger partial charge in [-0.3, -0.25) is 0 Å². The van der Waals surface area contributed by atoms with Crippen LogP contribution >= 0.6 is 0 Å². The van der Waals surface area contributed by atoms with Gasteiger partial charge in [0.1, 0.15) is 0 Å². The summed E-state index contributed by atoms with van der Waals surface area (Å²) >= 11 is 0. The predicted molar refractivity (Wildman–Crippen MR) is 84.6 cm³/mol. The Bertz CT molecular complexity index is 323. The van der Waals surface area contributed by atoms with Crippen molar-refractivity contribution in [3.8, 4) is 0 Å². The molecule has 2 aliphatic heterocycles. The maximum atomic E-state index is 6.08. The third-order valence-electron chi connectivity index (χ3n) is 5.88. The first kappa shape index (κ1) is 15.7. The summed E-state index contributed by atoms with van der Waals surface area (Å²) in [7, 11) is 2.34. The molecule has 3 aliphatic rings. The molecule has 2 heterocycles. The molecule has 1 N–H and O–H groups in total. The predicted octanol–water partition coefficient (Wildman–Crippen LogP) is 2.18. The van der Waals surface area contributed by atoms with Crippen LogP contribution in [-0.2, 0) is 9.47 Å². The Labute approximate surface area is 129 Å². The summed E-state index contributed by atoms with van der Waals surface area (Å²) in [5, 5.41) is 3.61. The second-order valence-corrected chi connectivity index (χ2v) is 7.21. The average Bonchev–Trinajstić information content (AvgIpc) is 2.95. The van der Waals surface area contributed by atoms with Crippen molar-refractivity contribution in [1.29, 1.82) is 0 Å². The van der Waals surface area contributed by atoms with Gasteiger partial charge in [0, 0.05) is 37.8 Å². The summed E-state index contributed by atoms with van der Waals surface area (Å²) in [5.41, 5.74) is 0.0398. The first-order valence-corrected chi connectivity index (χ1v) is 8.89. The zero-order valence-electron chi connectivity index (χ0n) is 13.8. The number of hydrogen-bond donors (Lipinski definition) is 1. The minimum atomic E-state index is 0.0398. The standard InChI is InChI=1S/C17H32N2O2/c1-3-18-14-4-6-15(7-5-14)19(2)16-8-10-21-17(12-16)9-11-20-13-17/h14-16,18H,3-13H2,1-2H3. The van der Waals surface area contributed by atoms with E-state index in [-0.39, 0.29) is 5.60 Å². The maximum Gasteiger partial charge on any atom is 0.0951 e. The number of nitrogens with one attached hydrogen (secondary N) is 1. The van der Waals surface area contributed by atoms with Crippen LogP contribution < -0.4 is 5.32 Å². The first-order chi connectivity index (χ1) is 10.2. The summed E-state index contributed by atoms with van der Waals surface area (Å²) in [6, 6.07) is 2.20. The highest BCUT2D eigenvalue weighted by Crippen LogP contribution is 2.36. The van der Waals surface area contributed by atoms with Crippen LogP contribution in [0, 0.1) is 0 Å². The Balaban J connectivity index is 1.52. The molecule has 1 saturated carbocycles. The quantitative estimate of drug-likeness (QED) is 0.862. The molecule has 1 aliphatic carbocycles. The molecule has 4 heteroatoms. The molecule has 4 nitrogen and oxygen atoms in total. The van der Waals surface area contributed by atoms with Crippen molar-refractivity contribution in [3.05, 3.63) is 0 Å². The molecule has 2 saturated heterocycles. The van der Waals surface area contributed by atoms with E-state index in [1.807, 2.05) is 0 Å². The Hall–Kier alpha value is -0.160. The molecular formula is C17H32N2O2. The molecule has 2 atom stereocenters. The maximum absolute atomic E-state index is 6.08. The van der Waals surface area contributed by atoms with E-state index in [2.05, 4.69) is 24.2 Å². The zero-order chi connectivity index (χ0) is 14.7. The van der Waals surface area contributed by atoms with Crippen molar-refractivity contribution in [3.63, 3.8) is 0 Å². The lowest BCUT2D eigenvalue weighted by atomic mass is 9.85. The average molecular weight is 296 g/mol. The van der Waals surface area contributed by atoms with Crippen molar-refractivity contribution >= 4 is 0 Å². The highest BCUT2D eigenvalue weighted by Gasteiger charge is 2.43. The molecule has 0 bridgehead atoms. The fraction of sp³-hybridized carbons (Fsp3) is 1.00. The molecule has 1 spiro atoms. The molecular weight excluding hydrogens is 264 g/mol. The van der Waals surface area contributed by atoms with Crippen LogP contribution in [0.25, 0.3) is 0 Å². The van der Waals surface area contributed by atoms with Gasteiger partial charge in [-0.15, -0.1) is 0 Å². The third-order valence-corrected chi connectivity index (χ3v) is 5.88. The van der Waals surface area contributed by atoms with Crippen molar-refractivity contribution in [1.82, 2.24) is 10.2 Å². The third kappa shape index (κ3) is 3.61. The highest BCUT2D eigenvalue weighted by atomic mass is 16.6. The summed E-state index contributed by atoms with van der Waals surface area (Å²) in [6.45, 7) is 5.91. The largest absolute Gasteiger partial charge is 0.378 e. The van der Waals surface area contributed by atoms with Gasteiger partial charge in [-0.1, -0.05) is 6.92 Å². The molecule has 122 valence electrons. The molecule has 0 amide bonds. The fourth-order valence-corrected chi connectivity index (χ4v) is 4.49. The van der Waals surface area contributed by atoms with Gasteiger partial charge in [0.25, 0.3) is 0 Å². The van der Waals surface area contributed by atoms with Gasteiger partial charge in [0.2, 0.25) is 0 Å². The van der Waals surface area contributed by atoms with E-state index in [0.29, 0.717) is 6.04 Å². The van der Waals surface area contributed by atoms with Crippen LogP contribution in [0.5, 0.6) is 0 Å². The minimum absolute atomic E-state index is 0.0398. The van der Waals surface area contributed by atoms with Gasteiger partial charge in [-0.25, -0.2) is 0 Å². The van der Waals surface area contributed by atoms with E-state index >= 15 is 0 Å². The highest BCUT2D eigenvalue weighted by molar-refractivity contribution is 4.95. The van der Waals surface area contributed by atoms with Crippen LogP contribution in [-0.4, -0.2) is 62.0 Å². The molecule has 2 unspecified atom stereocenters. The van der Waals surface area contributed by atoms with Crippen LogP contribution in [0.3, 0.4) is 0 Å². The summed E-state index contributed by atoms with van der Waals surface area (Å²) in [4.78, 5) is 2.67. The minimum Gasteiger partial charge on any atom is -0.378 e. The van der Waals surface area contributed by atoms with E-state index in [1.54, 1.807) is 0 Å². The first-order valence-electron chi connectivity index (χ1n) is 8.89. The second-order valence-electron chi connectivity index (χ2n) is 7.21. The number of hydrogen-bond acceptors (Lipinski definition) is 4. The van der Waals surface area contributed by atoms with E-state index in [0.717, 1.165) is 51.3 Å². The fourth-order valence-electron chi connectivity index (χ4n) is 4.49. The topological polar surface area (TPSA) is 33.7 Å². The van der Waals surface area contributed by atoms with Crippen molar-refractivity contribution in [2.24, 2.45) is 0 Å². The molecule has 3 rings (SSSR count). The summed E-state index contributed by atoms with van der Waals surface area (Å²) < 4.78 is 11.7. The number of ether oxygens (including phenoxy) is 2. The molecule has 21 heavy (non-hydrogen) atoms. The SMILES string of the molecule is CCNC1CCC(N(C)C2CCOC3(CCOC3)C2)CC1. The Morgan fingerprint density at radius 2 is 1.90 bits per heavy atom. The van der Waals surface area contributed by atoms with Crippen molar-refractivity contribution in [2.45, 2.75) is 75.6 Å². The molecule has 3 fully saturated rings. The monoisotopic (exact) mass is 296 g/mol. The van der Waals surface area contributed by atoms with Crippen molar-refractivity contribution < 1.29 is 9.47 Å². The summed E-state index contributed by atoms with van der Waals surface area (Å²) in [5.74, 6) is 0. The molecule has 0 radical (unpaired) electrons. The van der Waals surface area contributed by atoms with Crippen LogP contribution in [0.2, 0.25) is 0 Å². The lowest BCUT2D eigenvalue weighted by Gasteiger charge is -2.45. The van der Waals surface area contributed by atoms with Gasteiger partial charge in [0.15, 0.2) is 0 Å². The molecule has 0 aromatic rings. The van der Waals surface area contributed by atoms with Crippen LogP contribution in [0.4, 0.5) is 0 Å². The van der Waals surface area contributed by atoms with Crippen molar-refractivity contribution in [2.75, 3.05) is 33.4 Å². The smallest absolute Gasteiger partial charge is 0.0951 e. The van der Waals surface area contributed by atoms with Gasteiger partial charge in [0.05, 0.1) is 12.2 Å². The lowest BCUT2D eigenvalue weighted by Crippen LogP contribution is -2.52. The van der Waals surface area contributed by atoms with E-state index in [1.165, 1.54) is 32.1 Å². The van der Waals surface area contributed by atoms with Crippen LogP contribution in [0.15, 0.2) is 0 Å². The second kappa shape index (κ2) is 6.95. The molecule has 0 aromatic carbocycles. The lowest BCUT2D eigenvalue weighted by molar-refractivity contribution is -0.109. The van der Waals surface area contributed by atoms with Gasteiger partial charge >= 0.3 is 0 Å². The number of nitrogens with zero attached hydrogens (tertiary/aromatic N) is 1.